The summed E-state index contributed by atoms with van der Waals surface area (Å²) < 4.78 is 5.55. The highest BCUT2D eigenvalue weighted by Crippen LogP contribution is 2.34. The third-order valence-corrected chi connectivity index (χ3v) is 4.10. The van der Waals surface area contributed by atoms with Crippen LogP contribution in [0.15, 0.2) is 24.3 Å². The Morgan fingerprint density at radius 2 is 1.79 bits per heavy atom. The van der Waals surface area contributed by atoms with Gasteiger partial charge in [0.1, 0.15) is 0 Å². The van der Waals surface area contributed by atoms with Crippen LogP contribution in [0.1, 0.15) is 44.2 Å². The van der Waals surface area contributed by atoms with Gasteiger partial charge < -0.3 is 9.84 Å². The second kappa shape index (κ2) is 7.06. The van der Waals surface area contributed by atoms with E-state index in [2.05, 4.69) is 31.2 Å². The van der Waals surface area contributed by atoms with Crippen LogP contribution in [0.4, 0.5) is 0 Å². The molecule has 2 rings (SSSR count). The molecule has 2 nitrogen and oxygen atoms in total. The van der Waals surface area contributed by atoms with Crippen molar-refractivity contribution >= 4 is 0 Å². The van der Waals surface area contributed by atoms with Crippen LogP contribution in [0.25, 0.3) is 0 Å². The van der Waals surface area contributed by atoms with Crippen LogP contribution >= 0.6 is 0 Å². The lowest BCUT2D eigenvalue weighted by Crippen LogP contribution is -2.34. The molecule has 0 aromatic heterocycles. The maximum absolute atomic E-state index is 10.1. The Bertz CT molecular complexity index is 365. The molecule has 1 saturated carbocycles. The number of rotatable bonds is 7. The third-order valence-electron chi connectivity index (χ3n) is 4.10. The van der Waals surface area contributed by atoms with Crippen molar-refractivity contribution in [3.63, 3.8) is 0 Å². The number of benzene rings is 1. The molecule has 0 heterocycles. The van der Waals surface area contributed by atoms with E-state index in [9.17, 15) is 5.11 Å². The monoisotopic (exact) mass is 262 g/mol. The van der Waals surface area contributed by atoms with Crippen LogP contribution in [0.2, 0.25) is 0 Å². The van der Waals surface area contributed by atoms with Gasteiger partial charge in [0.15, 0.2) is 0 Å². The Morgan fingerprint density at radius 1 is 1.16 bits per heavy atom. The molecule has 106 valence electrons. The Hall–Kier alpha value is -0.860. The van der Waals surface area contributed by atoms with Gasteiger partial charge in [-0.25, -0.2) is 0 Å². The molecule has 1 aromatic rings. The first kappa shape index (κ1) is 14.5. The van der Waals surface area contributed by atoms with E-state index < -0.39 is 0 Å². The quantitative estimate of drug-likeness (QED) is 0.816. The van der Waals surface area contributed by atoms with Crippen LogP contribution in [0.3, 0.4) is 0 Å². The summed E-state index contributed by atoms with van der Waals surface area (Å²) in [5, 5.41) is 10.1. The number of aliphatic hydroxyl groups is 1. The Kier molecular flexibility index (Phi) is 5.41. The highest BCUT2D eigenvalue weighted by molar-refractivity contribution is 5.22. The van der Waals surface area contributed by atoms with E-state index in [0.717, 1.165) is 38.7 Å². The van der Waals surface area contributed by atoms with E-state index in [1.807, 2.05) is 6.92 Å². The SMILES string of the molecule is CCOC1CC(CC(O)Cc2ccc(CC)cc2)C1. The molecule has 1 N–H and O–H groups in total. The molecule has 0 saturated heterocycles. The summed E-state index contributed by atoms with van der Waals surface area (Å²) in [5.41, 5.74) is 2.60. The first-order valence-electron chi connectivity index (χ1n) is 7.58. The van der Waals surface area contributed by atoms with Gasteiger partial charge in [0.05, 0.1) is 12.2 Å². The van der Waals surface area contributed by atoms with E-state index in [-0.39, 0.29) is 6.10 Å². The van der Waals surface area contributed by atoms with Crippen LogP contribution in [-0.4, -0.2) is 23.9 Å². The minimum atomic E-state index is -0.208. The molecule has 1 unspecified atom stereocenters. The van der Waals surface area contributed by atoms with Crippen LogP contribution in [0.5, 0.6) is 0 Å². The van der Waals surface area contributed by atoms with E-state index >= 15 is 0 Å². The summed E-state index contributed by atoms with van der Waals surface area (Å²) >= 11 is 0. The lowest BCUT2D eigenvalue weighted by atomic mass is 9.78. The zero-order valence-corrected chi connectivity index (χ0v) is 12.1. The molecule has 1 aliphatic carbocycles. The number of aryl methyl sites for hydroxylation is 1. The largest absolute Gasteiger partial charge is 0.393 e. The number of ether oxygens (including phenoxy) is 1. The highest BCUT2D eigenvalue weighted by Gasteiger charge is 2.30. The molecule has 0 aliphatic heterocycles. The topological polar surface area (TPSA) is 29.5 Å². The van der Waals surface area contributed by atoms with Gasteiger partial charge in [0, 0.05) is 6.61 Å². The summed E-state index contributed by atoms with van der Waals surface area (Å²) in [5.74, 6) is 0.654. The zero-order valence-electron chi connectivity index (χ0n) is 12.1. The van der Waals surface area contributed by atoms with E-state index in [1.54, 1.807) is 0 Å². The fraction of sp³-hybridized carbons (Fsp3) is 0.647. The van der Waals surface area contributed by atoms with Gasteiger partial charge in [-0.3, -0.25) is 0 Å². The Morgan fingerprint density at radius 3 is 2.37 bits per heavy atom. The van der Waals surface area contributed by atoms with Gasteiger partial charge in [-0.05, 0) is 56.1 Å². The van der Waals surface area contributed by atoms with E-state index in [1.165, 1.54) is 11.1 Å². The predicted molar refractivity (Wildman–Crippen MR) is 78.3 cm³/mol. The second-order valence-electron chi connectivity index (χ2n) is 5.68. The summed E-state index contributed by atoms with van der Waals surface area (Å²) in [4.78, 5) is 0. The van der Waals surface area contributed by atoms with Crippen LogP contribution < -0.4 is 0 Å². The van der Waals surface area contributed by atoms with Crippen molar-refractivity contribution in [2.75, 3.05) is 6.61 Å². The molecule has 0 radical (unpaired) electrons. The van der Waals surface area contributed by atoms with Gasteiger partial charge in [0.2, 0.25) is 0 Å². The summed E-state index contributed by atoms with van der Waals surface area (Å²) in [6.07, 6.45) is 5.26. The molecule has 0 bridgehead atoms. The maximum Gasteiger partial charge on any atom is 0.0583 e. The van der Waals surface area contributed by atoms with Crippen LogP contribution in [0, 0.1) is 5.92 Å². The van der Waals surface area contributed by atoms with Gasteiger partial charge in [-0.1, -0.05) is 31.2 Å². The average molecular weight is 262 g/mol. The molecule has 1 fully saturated rings. The highest BCUT2D eigenvalue weighted by atomic mass is 16.5. The average Bonchev–Trinajstić information content (AvgIpc) is 2.37. The van der Waals surface area contributed by atoms with Gasteiger partial charge >= 0.3 is 0 Å². The van der Waals surface area contributed by atoms with Crippen molar-refractivity contribution in [3.8, 4) is 0 Å². The van der Waals surface area contributed by atoms with Crippen molar-refractivity contribution < 1.29 is 9.84 Å². The lowest BCUT2D eigenvalue weighted by molar-refractivity contribution is -0.0375. The van der Waals surface area contributed by atoms with Gasteiger partial charge in [-0.15, -0.1) is 0 Å². The standard InChI is InChI=1S/C17H26O2/c1-3-13-5-7-14(8-6-13)9-16(18)10-15-11-17(12-15)19-4-2/h5-8,15-18H,3-4,9-12H2,1-2H3. The maximum atomic E-state index is 10.1. The van der Waals surface area contributed by atoms with Gasteiger partial charge in [0.25, 0.3) is 0 Å². The molecular weight excluding hydrogens is 236 g/mol. The van der Waals surface area contributed by atoms with Gasteiger partial charge in [-0.2, -0.15) is 0 Å². The first-order chi connectivity index (χ1) is 9.21. The molecule has 1 aliphatic rings. The fourth-order valence-electron chi connectivity index (χ4n) is 2.89. The summed E-state index contributed by atoms with van der Waals surface area (Å²) in [6.45, 7) is 5.01. The summed E-state index contributed by atoms with van der Waals surface area (Å²) in [6, 6.07) is 8.62. The van der Waals surface area contributed by atoms with Crippen molar-refractivity contribution in [2.24, 2.45) is 5.92 Å². The zero-order chi connectivity index (χ0) is 13.7. The second-order valence-corrected chi connectivity index (χ2v) is 5.68. The number of hydrogen-bond donors (Lipinski definition) is 1. The predicted octanol–water partition coefficient (Wildman–Crippen LogP) is 3.36. The van der Waals surface area contributed by atoms with Crippen molar-refractivity contribution in [2.45, 2.75) is 58.2 Å². The molecule has 0 amide bonds. The first-order valence-corrected chi connectivity index (χ1v) is 7.58. The normalized spacial score (nSPS) is 23.9. The molecule has 2 heteroatoms. The number of aliphatic hydroxyl groups excluding tert-OH is 1. The third kappa shape index (κ3) is 4.32. The van der Waals surface area contributed by atoms with E-state index in [4.69, 9.17) is 4.74 Å². The molecule has 1 atom stereocenters. The summed E-state index contributed by atoms with van der Waals surface area (Å²) in [7, 11) is 0. The van der Waals surface area contributed by atoms with Crippen molar-refractivity contribution in [1.82, 2.24) is 0 Å². The molecule has 19 heavy (non-hydrogen) atoms. The molecule has 0 spiro atoms. The lowest BCUT2D eigenvalue weighted by Gasteiger charge is -2.36. The smallest absolute Gasteiger partial charge is 0.0583 e. The molecule has 1 aromatic carbocycles. The van der Waals surface area contributed by atoms with Crippen LogP contribution in [-0.2, 0) is 17.6 Å². The number of hydrogen-bond acceptors (Lipinski definition) is 2. The fourth-order valence-corrected chi connectivity index (χ4v) is 2.89. The van der Waals surface area contributed by atoms with Crippen molar-refractivity contribution in [3.05, 3.63) is 35.4 Å². The van der Waals surface area contributed by atoms with Crippen molar-refractivity contribution in [1.29, 1.82) is 0 Å². The minimum absolute atomic E-state index is 0.208. The Labute approximate surface area is 116 Å². The molecular formula is C17H26O2. The van der Waals surface area contributed by atoms with E-state index in [0.29, 0.717) is 12.0 Å². The minimum Gasteiger partial charge on any atom is -0.393 e. The Balaban J connectivity index is 1.71.